The van der Waals surface area contributed by atoms with Crippen molar-refractivity contribution < 1.29 is 13.9 Å². The lowest BCUT2D eigenvalue weighted by Gasteiger charge is -2.12. The summed E-state index contributed by atoms with van der Waals surface area (Å²) in [5, 5.41) is 21.4. The Hall–Kier alpha value is -3.09. The average molecular weight is 502 g/mol. The lowest BCUT2D eigenvalue weighted by atomic mass is 10.2. The topological polar surface area (TPSA) is 92.8 Å². The van der Waals surface area contributed by atoms with Gasteiger partial charge in [-0.25, -0.2) is 4.39 Å². The molecule has 0 unspecified atom stereocenters. The molecule has 1 heterocycles. The second kappa shape index (κ2) is 13.0. The van der Waals surface area contributed by atoms with Crippen LogP contribution in [0.4, 0.5) is 10.1 Å². The van der Waals surface area contributed by atoms with Gasteiger partial charge in [0.25, 0.3) is 0 Å². The molecule has 0 atom stereocenters. The number of para-hydroxylation sites is 1. The normalized spacial score (nSPS) is 10.6. The highest BCUT2D eigenvalue weighted by atomic mass is 35.5. The first-order chi connectivity index (χ1) is 16.5. The molecule has 0 aliphatic rings. The molecule has 178 valence electrons. The number of halogens is 2. The third-order valence-corrected chi connectivity index (χ3v) is 6.13. The van der Waals surface area contributed by atoms with Gasteiger partial charge in [-0.05, 0) is 36.8 Å². The first-order valence-electron chi connectivity index (χ1n) is 10.9. The van der Waals surface area contributed by atoms with Crippen LogP contribution in [0.3, 0.4) is 0 Å². The van der Waals surface area contributed by atoms with E-state index in [0.717, 1.165) is 25.7 Å². The van der Waals surface area contributed by atoms with E-state index in [1.807, 2.05) is 10.6 Å². The van der Waals surface area contributed by atoms with Gasteiger partial charge < -0.3 is 14.6 Å². The van der Waals surface area contributed by atoms with Crippen LogP contribution in [0.1, 0.15) is 44.0 Å². The summed E-state index contributed by atoms with van der Waals surface area (Å²) in [4.78, 5) is 12.5. The molecular formula is C24H25ClFN5O2S. The van der Waals surface area contributed by atoms with Crippen LogP contribution < -0.4 is 10.1 Å². The molecule has 0 spiro atoms. The maximum Gasteiger partial charge on any atom is 0.234 e. The summed E-state index contributed by atoms with van der Waals surface area (Å²) in [7, 11) is 0. The Morgan fingerprint density at radius 3 is 2.82 bits per heavy atom. The van der Waals surface area contributed by atoms with Crippen LogP contribution in [0, 0.1) is 17.1 Å². The highest BCUT2D eigenvalue weighted by molar-refractivity contribution is 7.99. The number of nitrogens with zero attached hydrogens (tertiary/aromatic N) is 4. The van der Waals surface area contributed by atoms with Crippen molar-refractivity contribution in [2.75, 3.05) is 11.1 Å². The number of rotatable bonds is 12. The second-order valence-corrected chi connectivity index (χ2v) is 8.85. The predicted octanol–water partition coefficient (Wildman–Crippen LogP) is 5.83. The summed E-state index contributed by atoms with van der Waals surface area (Å²) in [6.07, 6.45) is 4.21. The zero-order chi connectivity index (χ0) is 24.3. The number of nitrogens with one attached hydrogen (secondary N) is 1. The fourth-order valence-electron chi connectivity index (χ4n) is 3.19. The highest BCUT2D eigenvalue weighted by Gasteiger charge is 2.16. The lowest BCUT2D eigenvalue weighted by molar-refractivity contribution is -0.113. The standard InChI is InChI=1S/C24H25ClFN5O2S/c1-2-3-4-7-12-31-22(15-33-21-9-6-5-8-19(21)26)29-30-24(31)34-16-23(32)28-20-13-18(25)11-10-17(20)14-27/h5-6,8-11,13H,2-4,7,12,15-16H2,1H3,(H,28,32). The SMILES string of the molecule is CCCCCCn1c(COc2ccccc2F)nnc1SCC(=O)Nc1cc(Cl)ccc1C#N. The number of benzene rings is 2. The van der Waals surface area contributed by atoms with Crippen LogP contribution in [0.5, 0.6) is 5.75 Å². The number of anilines is 1. The van der Waals surface area contributed by atoms with Gasteiger partial charge in [-0.15, -0.1) is 10.2 Å². The number of amides is 1. The molecular weight excluding hydrogens is 477 g/mol. The molecule has 0 aliphatic heterocycles. The van der Waals surface area contributed by atoms with Crippen molar-refractivity contribution in [2.45, 2.75) is 50.9 Å². The summed E-state index contributed by atoms with van der Waals surface area (Å²) >= 11 is 7.22. The van der Waals surface area contributed by atoms with Gasteiger partial charge in [0.1, 0.15) is 12.7 Å². The third kappa shape index (κ3) is 7.20. The van der Waals surface area contributed by atoms with Gasteiger partial charge in [-0.1, -0.05) is 61.7 Å². The number of nitriles is 1. The second-order valence-electron chi connectivity index (χ2n) is 7.47. The van der Waals surface area contributed by atoms with Crippen LogP contribution in [-0.2, 0) is 17.9 Å². The van der Waals surface area contributed by atoms with E-state index in [0.29, 0.717) is 33.8 Å². The van der Waals surface area contributed by atoms with Gasteiger partial charge in [-0.2, -0.15) is 5.26 Å². The Morgan fingerprint density at radius 2 is 2.06 bits per heavy atom. The minimum atomic E-state index is -0.444. The van der Waals surface area contributed by atoms with Crippen LogP contribution in [-0.4, -0.2) is 26.4 Å². The van der Waals surface area contributed by atoms with Crippen LogP contribution in [0.25, 0.3) is 0 Å². The van der Waals surface area contributed by atoms with Gasteiger partial charge in [0.05, 0.1) is 17.0 Å². The van der Waals surface area contributed by atoms with Crippen molar-refractivity contribution in [2.24, 2.45) is 0 Å². The average Bonchev–Trinajstić information content (AvgIpc) is 3.21. The first kappa shape index (κ1) is 25.5. The number of hydrogen-bond acceptors (Lipinski definition) is 6. The van der Waals surface area contributed by atoms with Crippen molar-refractivity contribution in [3.8, 4) is 11.8 Å². The number of thioether (sulfide) groups is 1. The van der Waals surface area contributed by atoms with Gasteiger partial charge in [0, 0.05) is 11.6 Å². The fraction of sp³-hybridized carbons (Fsp3) is 0.333. The Morgan fingerprint density at radius 1 is 1.24 bits per heavy atom. The van der Waals surface area contributed by atoms with Crippen LogP contribution >= 0.6 is 23.4 Å². The molecule has 0 bridgehead atoms. The monoisotopic (exact) mass is 501 g/mol. The Labute approximate surface area is 207 Å². The van der Waals surface area contributed by atoms with E-state index in [4.69, 9.17) is 16.3 Å². The molecule has 0 aliphatic carbocycles. The zero-order valence-corrected chi connectivity index (χ0v) is 20.3. The van der Waals surface area contributed by atoms with E-state index in [1.165, 1.54) is 23.9 Å². The van der Waals surface area contributed by atoms with Crippen molar-refractivity contribution in [3.63, 3.8) is 0 Å². The largest absolute Gasteiger partial charge is 0.483 e. The molecule has 2 aromatic carbocycles. The molecule has 7 nitrogen and oxygen atoms in total. The number of hydrogen-bond donors (Lipinski definition) is 1. The number of ether oxygens (including phenoxy) is 1. The van der Waals surface area contributed by atoms with E-state index in [2.05, 4.69) is 22.4 Å². The smallest absolute Gasteiger partial charge is 0.234 e. The van der Waals surface area contributed by atoms with Crippen molar-refractivity contribution >= 4 is 35.0 Å². The number of aromatic nitrogens is 3. The van der Waals surface area contributed by atoms with Gasteiger partial charge in [0.15, 0.2) is 22.5 Å². The molecule has 34 heavy (non-hydrogen) atoms. The van der Waals surface area contributed by atoms with E-state index in [1.54, 1.807) is 30.3 Å². The molecule has 0 fully saturated rings. The number of carbonyl (C=O) groups is 1. The third-order valence-electron chi connectivity index (χ3n) is 4.93. The number of carbonyl (C=O) groups excluding carboxylic acids is 1. The van der Waals surface area contributed by atoms with E-state index >= 15 is 0 Å². The van der Waals surface area contributed by atoms with Crippen LogP contribution in [0.15, 0.2) is 47.6 Å². The van der Waals surface area contributed by atoms with E-state index in [-0.39, 0.29) is 24.0 Å². The minimum absolute atomic E-state index is 0.0580. The Kier molecular flexibility index (Phi) is 9.74. The highest BCUT2D eigenvalue weighted by Crippen LogP contribution is 2.23. The molecule has 3 aromatic rings. The van der Waals surface area contributed by atoms with Crippen molar-refractivity contribution in [1.29, 1.82) is 5.26 Å². The van der Waals surface area contributed by atoms with Gasteiger partial charge in [0.2, 0.25) is 5.91 Å². The molecule has 0 radical (unpaired) electrons. The first-order valence-corrected chi connectivity index (χ1v) is 12.3. The maximum absolute atomic E-state index is 13.9. The molecule has 1 aromatic heterocycles. The zero-order valence-electron chi connectivity index (χ0n) is 18.8. The number of unbranched alkanes of at least 4 members (excludes halogenated alkanes) is 3. The van der Waals surface area contributed by atoms with Gasteiger partial charge >= 0.3 is 0 Å². The fourth-order valence-corrected chi connectivity index (χ4v) is 4.15. The maximum atomic E-state index is 13.9. The van der Waals surface area contributed by atoms with Gasteiger partial charge in [-0.3, -0.25) is 4.79 Å². The molecule has 0 saturated heterocycles. The predicted molar refractivity (Wildman–Crippen MR) is 130 cm³/mol. The minimum Gasteiger partial charge on any atom is -0.483 e. The quantitative estimate of drug-likeness (QED) is 0.248. The Balaban J connectivity index is 1.67. The van der Waals surface area contributed by atoms with E-state index < -0.39 is 5.82 Å². The molecule has 3 rings (SSSR count). The molecule has 1 N–H and O–H groups in total. The summed E-state index contributed by atoms with van der Waals surface area (Å²) in [5.74, 6) is 0.0308. The van der Waals surface area contributed by atoms with Crippen molar-refractivity contribution in [3.05, 3.63) is 64.7 Å². The Bertz CT molecular complexity index is 1160. The van der Waals surface area contributed by atoms with E-state index in [9.17, 15) is 14.4 Å². The van der Waals surface area contributed by atoms with Crippen LogP contribution in [0.2, 0.25) is 5.02 Å². The molecule has 0 saturated carbocycles. The summed E-state index contributed by atoms with van der Waals surface area (Å²) < 4.78 is 21.4. The lowest BCUT2D eigenvalue weighted by Crippen LogP contribution is -2.16. The molecule has 1 amide bonds. The summed E-state index contributed by atoms with van der Waals surface area (Å²) in [5.41, 5.74) is 0.690. The molecule has 10 heteroatoms. The van der Waals surface area contributed by atoms with Crippen molar-refractivity contribution in [1.82, 2.24) is 14.8 Å². The summed E-state index contributed by atoms with van der Waals surface area (Å²) in [6, 6.07) is 12.9. The summed E-state index contributed by atoms with van der Waals surface area (Å²) in [6.45, 7) is 2.87.